The maximum absolute atomic E-state index is 11.8. The topological polar surface area (TPSA) is 100 Å². The first kappa shape index (κ1) is 14.6. The van der Waals surface area contributed by atoms with Crippen LogP contribution in [0.5, 0.6) is 0 Å². The first-order chi connectivity index (χ1) is 10.2. The molecule has 0 unspecified atom stereocenters. The van der Waals surface area contributed by atoms with E-state index in [1.807, 2.05) is 36.4 Å². The maximum Gasteiger partial charge on any atom is 0.413 e. The molecular weight excluding hydrogens is 272 g/mol. The Morgan fingerprint density at radius 3 is 2.86 bits per heavy atom. The van der Waals surface area contributed by atoms with Gasteiger partial charge in [0.05, 0.1) is 19.3 Å². The molecule has 1 aromatic carbocycles. The summed E-state index contributed by atoms with van der Waals surface area (Å²) in [5.74, 6) is 0.213. The van der Waals surface area contributed by atoms with Crippen LogP contribution in [0.15, 0.2) is 36.5 Å². The molecule has 0 spiro atoms. The number of hydrogen-bond acceptors (Lipinski definition) is 5. The van der Waals surface area contributed by atoms with Crippen LogP contribution in [0.2, 0.25) is 0 Å². The number of aliphatic hydroxyl groups is 1. The molecule has 0 aliphatic heterocycles. The number of carbonyl (C=O) groups is 1. The average molecular weight is 286 g/mol. The van der Waals surface area contributed by atoms with Crippen molar-refractivity contribution < 1.29 is 14.6 Å². The second kappa shape index (κ2) is 7.07. The molecule has 21 heavy (non-hydrogen) atoms. The fourth-order valence-corrected chi connectivity index (χ4v) is 1.72. The molecule has 0 saturated carbocycles. The quantitative estimate of drug-likeness (QED) is 0.867. The third-order valence-corrected chi connectivity index (χ3v) is 2.70. The van der Waals surface area contributed by atoms with E-state index in [1.165, 1.54) is 10.9 Å². The van der Waals surface area contributed by atoms with E-state index in [2.05, 4.69) is 10.4 Å². The van der Waals surface area contributed by atoms with Crippen LogP contribution in [0.1, 0.15) is 11.1 Å². The van der Waals surface area contributed by atoms with Crippen LogP contribution in [0.25, 0.3) is 0 Å². The molecule has 0 aliphatic rings. The van der Waals surface area contributed by atoms with Gasteiger partial charge in [0, 0.05) is 0 Å². The lowest BCUT2D eigenvalue weighted by Gasteiger charge is -2.09. The van der Waals surface area contributed by atoms with Crippen LogP contribution in [-0.2, 0) is 17.9 Å². The smallest absolute Gasteiger partial charge is 0.413 e. The van der Waals surface area contributed by atoms with Crippen LogP contribution in [0, 0.1) is 11.3 Å². The molecule has 2 rings (SSSR count). The average Bonchev–Trinajstić information content (AvgIpc) is 2.89. The fraction of sp³-hybridized carbons (Fsp3) is 0.214. The molecule has 0 bridgehead atoms. The van der Waals surface area contributed by atoms with Crippen LogP contribution >= 0.6 is 0 Å². The van der Waals surface area contributed by atoms with Gasteiger partial charge in [-0.3, -0.25) is 5.32 Å². The zero-order chi connectivity index (χ0) is 15.1. The van der Waals surface area contributed by atoms with E-state index in [9.17, 15) is 4.79 Å². The first-order valence-corrected chi connectivity index (χ1v) is 6.29. The predicted molar refractivity (Wildman–Crippen MR) is 74.3 cm³/mol. The lowest BCUT2D eigenvalue weighted by Crippen LogP contribution is -2.18. The summed E-state index contributed by atoms with van der Waals surface area (Å²) in [4.78, 5) is 11.8. The number of ether oxygens (including phenoxy) is 1. The van der Waals surface area contributed by atoms with Crippen molar-refractivity contribution in [2.24, 2.45) is 0 Å². The Balaban J connectivity index is 1.99. The van der Waals surface area contributed by atoms with Crippen molar-refractivity contribution in [2.45, 2.75) is 13.2 Å². The molecule has 0 fully saturated rings. The summed E-state index contributed by atoms with van der Waals surface area (Å²) in [5, 5.41) is 24.3. The number of carbonyl (C=O) groups excluding carboxylic acids is 1. The van der Waals surface area contributed by atoms with Crippen molar-refractivity contribution >= 4 is 11.9 Å². The number of benzene rings is 1. The van der Waals surface area contributed by atoms with Gasteiger partial charge in [-0.25, -0.2) is 9.48 Å². The summed E-state index contributed by atoms with van der Waals surface area (Å²) in [6, 6.07) is 11.2. The van der Waals surface area contributed by atoms with Gasteiger partial charge in [-0.05, 0) is 5.56 Å². The number of nitriles is 1. The third-order valence-electron chi connectivity index (χ3n) is 2.70. The lowest BCUT2D eigenvalue weighted by molar-refractivity contribution is 0.154. The van der Waals surface area contributed by atoms with Gasteiger partial charge < -0.3 is 9.84 Å². The van der Waals surface area contributed by atoms with Crippen molar-refractivity contribution in [3.63, 3.8) is 0 Å². The number of rotatable bonds is 5. The van der Waals surface area contributed by atoms with E-state index in [0.717, 1.165) is 5.56 Å². The second-order valence-corrected chi connectivity index (χ2v) is 4.15. The fourth-order valence-electron chi connectivity index (χ4n) is 1.72. The van der Waals surface area contributed by atoms with Crippen LogP contribution in [0.4, 0.5) is 10.6 Å². The predicted octanol–water partition coefficient (Wildman–Crippen LogP) is 1.50. The number of aromatic nitrogens is 2. The minimum Gasteiger partial charge on any atom is -0.444 e. The van der Waals surface area contributed by atoms with Gasteiger partial charge in [0.1, 0.15) is 18.2 Å². The molecule has 1 heterocycles. The summed E-state index contributed by atoms with van der Waals surface area (Å²) in [5.41, 5.74) is 1.07. The first-order valence-electron chi connectivity index (χ1n) is 6.29. The minimum atomic E-state index is -0.685. The van der Waals surface area contributed by atoms with Gasteiger partial charge in [0.2, 0.25) is 0 Å². The van der Waals surface area contributed by atoms with Gasteiger partial charge in [0.25, 0.3) is 0 Å². The third kappa shape index (κ3) is 3.81. The Morgan fingerprint density at radius 1 is 1.43 bits per heavy atom. The summed E-state index contributed by atoms with van der Waals surface area (Å²) >= 11 is 0. The highest BCUT2D eigenvalue weighted by atomic mass is 16.5. The molecule has 7 heteroatoms. The zero-order valence-corrected chi connectivity index (χ0v) is 11.2. The number of anilines is 1. The number of nitrogens with zero attached hydrogens (tertiary/aromatic N) is 3. The minimum absolute atomic E-state index is 0.128. The molecular formula is C14H14N4O3. The van der Waals surface area contributed by atoms with Crippen LogP contribution in [0.3, 0.4) is 0 Å². The molecule has 1 aromatic heterocycles. The summed E-state index contributed by atoms with van der Waals surface area (Å²) < 4.78 is 6.41. The van der Waals surface area contributed by atoms with Gasteiger partial charge in [-0.15, -0.1) is 0 Å². The highest BCUT2D eigenvalue weighted by Gasteiger charge is 2.14. The normalized spacial score (nSPS) is 9.90. The molecule has 2 aromatic rings. The van der Waals surface area contributed by atoms with Crippen LogP contribution < -0.4 is 5.32 Å². The van der Waals surface area contributed by atoms with Crippen molar-refractivity contribution in [3.8, 4) is 6.07 Å². The molecule has 108 valence electrons. The standard InChI is InChI=1S/C14H14N4O3/c15-8-12-9-16-18(6-7-19)13(12)17-14(20)21-10-11-4-2-1-3-5-11/h1-5,9,19H,6-7,10H2,(H,17,20). The van der Waals surface area contributed by atoms with E-state index in [-0.39, 0.29) is 31.1 Å². The molecule has 2 N–H and O–H groups in total. The van der Waals surface area contributed by atoms with Crippen LogP contribution in [-0.4, -0.2) is 27.6 Å². The summed E-state index contributed by atoms with van der Waals surface area (Å²) in [7, 11) is 0. The molecule has 1 amide bonds. The summed E-state index contributed by atoms with van der Waals surface area (Å²) in [6.07, 6.45) is 0.637. The molecule has 0 atom stereocenters. The Hall–Kier alpha value is -2.85. The second-order valence-electron chi connectivity index (χ2n) is 4.15. The number of aliphatic hydroxyl groups excluding tert-OH is 1. The van der Waals surface area contributed by atoms with Crippen molar-refractivity contribution in [3.05, 3.63) is 47.7 Å². The lowest BCUT2D eigenvalue weighted by atomic mass is 10.2. The number of amides is 1. The van der Waals surface area contributed by atoms with E-state index in [1.54, 1.807) is 0 Å². The van der Waals surface area contributed by atoms with Gasteiger partial charge in [-0.1, -0.05) is 30.3 Å². The van der Waals surface area contributed by atoms with E-state index < -0.39 is 6.09 Å². The molecule has 0 aliphatic carbocycles. The molecule has 7 nitrogen and oxygen atoms in total. The number of nitrogens with one attached hydrogen (secondary N) is 1. The Kier molecular flexibility index (Phi) is 4.90. The molecule has 0 saturated heterocycles. The van der Waals surface area contributed by atoms with Gasteiger partial charge >= 0.3 is 6.09 Å². The zero-order valence-electron chi connectivity index (χ0n) is 11.2. The largest absolute Gasteiger partial charge is 0.444 e. The van der Waals surface area contributed by atoms with Gasteiger partial charge in [0.15, 0.2) is 5.82 Å². The van der Waals surface area contributed by atoms with Crippen molar-refractivity contribution in [1.29, 1.82) is 5.26 Å². The summed E-state index contributed by atoms with van der Waals surface area (Å²) in [6.45, 7) is 0.152. The Labute approximate surface area is 121 Å². The Bertz CT molecular complexity index is 646. The molecule has 0 radical (unpaired) electrons. The SMILES string of the molecule is N#Cc1cnn(CCO)c1NC(=O)OCc1ccccc1. The number of hydrogen-bond donors (Lipinski definition) is 2. The highest BCUT2D eigenvalue weighted by Crippen LogP contribution is 2.14. The van der Waals surface area contributed by atoms with Gasteiger partial charge in [-0.2, -0.15) is 10.4 Å². The van der Waals surface area contributed by atoms with Crippen molar-refractivity contribution in [1.82, 2.24) is 9.78 Å². The van der Waals surface area contributed by atoms with E-state index in [0.29, 0.717) is 0 Å². The van der Waals surface area contributed by atoms with E-state index in [4.69, 9.17) is 15.1 Å². The highest BCUT2D eigenvalue weighted by molar-refractivity contribution is 5.85. The maximum atomic E-state index is 11.8. The Morgan fingerprint density at radius 2 is 2.19 bits per heavy atom. The monoisotopic (exact) mass is 286 g/mol. The van der Waals surface area contributed by atoms with E-state index >= 15 is 0 Å². The van der Waals surface area contributed by atoms with Crippen molar-refractivity contribution in [2.75, 3.05) is 11.9 Å².